The van der Waals surface area contributed by atoms with Crippen LogP contribution in [-0.2, 0) is 0 Å². The van der Waals surface area contributed by atoms with Crippen LogP contribution in [0.4, 0.5) is 4.39 Å². The molecule has 1 aliphatic rings. The van der Waals surface area contributed by atoms with Gasteiger partial charge in [-0.25, -0.2) is 4.39 Å². The summed E-state index contributed by atoms with van der Waals surface area (Å²) in [4.78, 5) is 16.4. The van der Waals surface area contributed by atoms with E-state index in [2.05, 4.69) is 11.8 Å². The maximum Gasteiger partial charge on any atom is 0.254 e. The number of aryl methyl sites for hydroxylation is 1. The van der Waals surface area contributed by atoms with Crippen molar-refractivity contribution in [2.24, 2.45) is 0 Å². The molecule has 1 saturated heterocycles. The summed E-state index contributed by atoms with van der Waals surface area (Å²) in [6, 6.07) is 4.38. The van der Waals surface area contributed by atoms with Crippen LogP contribution in [0, 0.1) is 12.7 Å². The molecule has 0 radical (unpaired) electrons. The number of piperazine rings is 1. The highest BCUT2D eigenvalue weighted by Crippen LogP contribution is 2.14. The summed E-state index contributed by atoms with van der Waals surface area (Å²) in [5.41, 5.74) is 1.32. The fourth-order valence-corrected chi connectivity index (χ4v) is 2.26. The largest absolute Gasteiger partial charge is 0.336 e. The second-order valence-corrected chi connectivity index (χ2v) is 4.69. The van der Waals surface area contributed by atoms with E-state index in [1.54, 1.807) is 6.07 Å². The van der Waals surface area contributed by atoms with Gasteiger partial charge in [-0.15, -0.1) is 0 Å². The van der Waals surface area contributed by atoms with Crippen LogP contribution in [0.2, 0.25) is 0 Å². The minimum atomic E-state index is -0.351. The topological polar surface area (TPSA) is 23.6 Å². The molecular weight excluding hydrogens is 231 g/mol. The van der Waals surface area contributed by atoms with Gasteiger partial charge in [-0.1, -0.05) is 13.0 Å². The Labute approximate surface area is 107 Å². The molecule has 0 spiro atoms. The molecule has 0 aliphatic carbocycles. The highest BCUT2D eigenvalue weighted by molar-refractivity contribution is 5.95. The summed E-state index contributed by atoms with van der Waals surface area (Å²) in [6.45, 7) is 8.22. The molecule has 0 bridgehead atoms. The van der Waals surface area contributed by atoms with E-state index in [1.807, 2.05) is 11.8 Å². The highest BCUT2D eigenvalue weighted by atomic mass is 19.1. The zero-order chi connectivity index (χ0) is 13.1. The van der Waals surface area contributed by atoms with Crippen molar-refractivity contribution in [2.75, 3.05) is 32.7 Å². The molecule has 1 fully saturated rings. The molecular formula is C14H19FN2O. The van der Waals surface area contributed by atoms with Crippen LogP contribution in [-0.4, -0.2) is 48.4 Å². The van der Waals surface area contributed by atoms with Crippen LogP contribution in [0.15, 0.2) is 18.2 Å². The van der Waals surface area contributed by atoms with Gasteiger partial charge in [-0.2, -0.15) is 0 Å². The Morgan fingerprint density at radius 3 is 2.56 bits per heavy atom. The minimum absolute atomic E-state index is 0.0530. The molecule has 2 rings (SSSR count). The van der Waals surface area contributed by atoms with Gasteiger partial charge in [0.05, 0.1) is 0 Å². The second kappa shape index (κ2) is 5.48. The van der Waals surface area contributed by atoms with Gasteiger partial charge in [-0.05, 0) is 31.2 Å². The maximum atomic E-state index is 13.2. The number of halogens is 1. The third-order valence-electron chi connectivity index (χ3n) is 3.54. The third-order valence-corrected chi connectivity index (χ3v) is 3.54. The summed E-state index contributed by atoms with van der Waals surface area (Å²) in [6.07, 6.45) is 0. The molecule has 0 N–H and O–H groups in total. The van der Waals surface area contributed by atoms with E-state index >= 15 is 0 Å². The van der Waals surface area contributed by atoms with Crippen molar-refractivity contribution < 1.29 is 9.18 Å². The number of carbonyl (C=O) groups excluding carboxylic acids is 1. The molecule has 1 aliphatic heterocycles. The van der Waals surface area contributed by atoms with Crippen LogP contribution in [0.1, 0.15) is 22.8 Å². The number of hydrogen-bond acceptors (Lipinski definition) is 2. The van der Waals surface area contributed by atoms with Crippen LogP contribution < -0.4 is 0 Å². The first-order chi connectivity index (χ1) is 8.61. The van der Waals surface area contributed by atoms with Gasteiger partial charge in [-0.3, -0.25) is 4.79 Å². The maximum absolute atomic E-state index is 13.2. The third kappa shape index (κ3) is 2.70. The number of hydrogen-bond donors (Lipinski definition) is 0. The Morgan fingerprint density at radius 1 is 1.28 bits per heavy atom. The lowest BCUT2D eigenvalue weighted by Crippen LogP contribution is -2.48. The normalized spacial score (nSPS) is 16.9. The fraction of sp³-hybridized carbons (Fsp3) is 0.500. The Morgan fingerprint density at radius 2 is 1.94 bits per heavy atom. The van der Waals surface area contributed by atoms with E-state index in [1.165, 1.54) is 12.1 Å². The Kier molecular flexibility index (Phi) is 3.97. The van der Waals surface area contributed by atoms with Crippen LogP contribution in [0.25, 0.3) is 0 Å². The number of carbonyl (C=O) groups is 1. The lowest BCUT2D eigenvalue weighted by molar-refractivity contribution is 0.0642. The quantitative estimate of drug-likeness (QED) is 0.800. The van der Waals surface area contributed by atoms with E-state index < -0.39 is 0 Å². The van der Waals surface area contributed by atoms with Crippen molar-refractivity contribution in [2.45, 2.75) is 13.8 Å². The molecule has 4 heteroatoms. The second-order valence-electron chi connectivity index (χ2n) is 4.69. The van der Waals surface area contributed by atoms with E-state index in [0.29, 0.717) is 5.56 Å². The van der Waals surface area contributed by atoms with Gasteiger partial charge in [0.2, 0.25) is 0 Å². The molecule has 0 saturated carbocycles. The minimum Gasteiger partial charge on any atom is -0.336 e. The molecule has 1 amide bonds. The van der Waals surface area contributed by atoms with Gasteiger partial charge in [0.25, 0.3) is 5.91 Å². The average molecular weight is 250 g/mol. The first kappa shape index (κ1) is 13.0. The van der Waals surface area contributed by atoms with Crippen molar-refractivity contribution in [3.05, 3.63) is 35.1 Å². The Hall–Kier alpha value is -1.42. The van der Waals surface area contributed by atoms with Crippen LogP contribution in [0.5, 0.6) is 0 Å². The van der Waals surface area contributed by atoms with Gasteiger partial charge in [0, 0.05) is 31.7 Å². The number of likely N-dealkylation sites (N-methyl/N-ethyl adjacent to an activating group) is 1. The lowest BCUT2D eigenvalue weighted by Gasteiger charge is -2.34. The number of benzene rings is 1. The first-order valence-corrected chi connectivity index (χ1v) is 6.39. The fourth-order valence-electron chi connectivity index (χ4n) is 2.26. The van der Waals surface area contributed by atoms with Crippen LogP contribution in [0.3, 0.4) is 0 Å². The van der Waals surface area contributed by atoms with Crippen molar-refractivity contribution >= 4 is 5.91 Å². The zero-order valence-electron chi connectivity index (χ0n) is 10.9. The molecule has 3 nitrogen and oxygen atoms in total. The Balaban J connectivity index is 2.10. The summed E-state index contributed by atoms with van der Waals surface area (Å²) in [7, 11) is 0. The van der Waals surface area contributed by atoms with Crippen LogP contribution >= 0.6 is 0 Å². The van der Waals surface area contributed by atoms with E-state index in [4.69, 9.17) is 0 Å². The number of nitrogens with zero attached hydrogens (tertiary/aromatic N) is 2. The van der Waals surface area contributed by atoms with Crippen molar-refractivity contribution in [3.8, 4) is 0 Å². The molecule has 1 aromatic carbocycles. The van der Waals surface area contributed by atoms with E-state index in [9.17, 15) is 9.18 Å². The smallest absolute Gasteiger partial charge is 0.254 e. The average Bonchev–Trinajstić information content (AvgIpc) is 2.41. The molecule has 18 heavy (non-hydrogen) atoms. The zero-order valence-corrected chi connectivity index (χ0v) is 10.9. The van der Waals surface area contributed by atoms with Gasteiger partial charge >= 0.3 is 0 Å². The highest BCUT2D eigenvalue weighted by Gasteiger charge is 2.22. The number of rotatable bonds is 2. The summed E-state index contributed by atoms with van der Waals surface area (Å²) in [5, 5.41) is 0. The number of amides is 1. The predicted molar refractivity (Wildman–Crippen MR) is 69.2 cm³/mol. The lowest BCUT2D eigenvalue weighted by atomic mass is 10.1. The molecule has 0 unspecified atom stereocenters. The van der Waals surface area contributed by atoms with Gasteiger partial charge in [0.1, 0.15) is 5.82 Å². The summed E-state index contributed by atoms with van der Waals surface area (Å²) >= 11 is 0. The molecule has 0 aromatic heterocycles. The predicted octanol–water partition coefficient (Wildman–Crippen LogP) is 1.91. The van der Waals surface area contributed by atoms with Crippen molar-refractivity contribution in [1.82, 2.24) is 9.80 Å². The Bertz CT molecular complexity index is 439. The molecule has 1 aromatic rings. The van der Waals surface area contributed by atoms with Crippen molar-refractivity contribution in [3.63, 3.8) is 0 Å². The first-order valence-electron chi connectivity index (χ1n) is 6.39. The standard InChI is InChI=1S/C14H19FN2O/c1-3-16-6-8-17(9-7-16)14(18)13-10-12(15)5-4-11(13)2/h4-5,10H,3,6-9H2,1-2H3. The van der Waals surface area contributed by atoms with Crippen molar-refractivity contribution in [1.29, 1.82) is 0 Å². The summed E-state index contributed by atoms with van der Waals surface area (Å²) < 4.78 is 13.2. The summed E-state index contributed by atoms with van der Waals surface area (Å²) in [5.74, 6) is -0.404. The van der Waals surface area contributed by atoms with E-state index in [0.717, 1.165) is 38.3 Å². The van der Waals surface area contributed by atoms with Gasteiger partial charge < -0.3 is 9.80 Å². The molecule has 1 heterocycles. The molecule has 0 atom stereocenters. The van der Waals surface area contributed by atoms with E-state index in [-0.39, 0.29) is 11.7 Å². The SMILES string of the molecule is CCN1CCN(C(=O)c2cc(F)ccc2C)CC1. The monoisotopic (exact) mass is 250 g/mol. The molecule has 98 valence electrons. The van der Waals surface area contributed by atoms with Gasteiger partial charge in [0.15, 0.2) is 0 Å².